The lowest BCUT2D eigenvalue weighted by atomic mass is 9.96. The molecule has 4 aromatic rings. The Kier molecular flexibility index (Phi) is 4.25. The molecule has 0 aliphatic carbocycles. The lowest BCUT2D eigenvalue weighted by molar-refractivity contribution is 0.312. The minimum Gasteiger partial charge on any atom is -0.302 e. The van der Waals surface area contributed by atoms with Gasteiger partial charge in [-0.25, -0.2) is 8.78 Å². The van der Waals surface area contributed by atoms with E-state index in [2.05, 4.69) is 20.2 Å². The monoisotopic (exact) mass is 407 g/mol. The number of benzene rings is 2. The number of likely N-dealkylation sites (N-methyl/N-ethyl adjacent to an activating group) is 1. The number of halogens is 2. The molecule has 0 saturated heterocycles. The normalized spacial score (nSPS) is 14.3. The Morgan fingerprint density at radius 1 is 1.10 bits per heavy atom. The average molecular weight is 407 g/mol. The van der Waals surface area contributed by atoms with Crippen LogP contribution in [0, 0.1) is 18.6 Å². The number of aryl methyl sites for hydroxylation is 1. The molecule has 8 heteroatoms. The Balaban J connectivity index is 1.73. The van der Waals surface area contributed by atoms with Crippen LogP contribution in [0.25, 0.3) is 28.0 Å². The highest BCUT2D eigenvalue weighted by atomic mass is 19.1. The fraction of sp³-hybridized carbons (Fsp3) is 0.227. The molecule has 0 radical (unpaired) electrons. The zero-order chi connectivity index (χ0) is 21.0. The number of para-hydroxylation sites is 1. The van der Waals surface area contributed by atoms with Crippen LogP contribution in [0.15, 0.2) is 41.2 Å². The number of H-pyrrole nitrogens is 1. The summed E-state index contributed by atoms with van der Waals surface area (Å²) in [6.07, 6.45) is 0.786. The molecule has 1 N–H and O–H groups in total. The standard InChI is InChI=1S/C22H19F2N5O/c1-12-4-3-5-16(23)22(12)29-19(30)10-18-21(27-29)20(26-25-18)15-8-14-11-28(2)7-6-13(14)9-17(15)24/h3-5,8-10,25H,6-7,11H2,1-2H3. The van der Waals surface area contributed by atoms with E-state index in [9.17, 15) is 13.6 Å². The van der Waals surface area contributed by atoms with Gasteiger partial charge in [-0.2, -0.15) is 14.9 Å². The third kappa shape index (κ3) is 2.91. The predicted octanol–water partition coefficient (Wildman–Crippen LogP) is 3.35. The molecule has 0 fully saturated rings. The predicted molar refractivity (Wildman–Crippen MR) is 110 cm³/mol. The highest BCUT2D eigenvalue weighted by Crippen LogP contribution is 2.31. The third-order valence-corrected chi connectivity index (χ3v) is 5.59. The van der Waals surface area contributed by atoms with Crippen molar-refractivity contribution in [3.8, 4) is 16.9 Å². The molecule has 0 amide bonds. The van der Waals surface area contributed by atoms with Crippen LogP contribution in [0.4, 0.5) is 8.78 Å². The molecule has 2 aromatic carbocycles. The topological polar surface area (TPSA) is 66.8 Å². The molecular weight excluding hydrogens is 388 g/mol. The summed E-state index contributed by atoms with van der Waals surface area (Å²) in [5.74, 6) is -0.953. The summed E-state index contributed by atoms with van der Waals surface area (Å²) < 4.78 is 30.5. The van der Waals surface area contributed by atoms with E-state index in [1.807, 2.05) is 7.05 Å². The van der Waals surface area contributed by atoms with Gasteiger partial charge in [0.25, 0.3) is 5.56 Å². The van der Waals surface area contributed by atoms with E-state index in [0.717, 1.165) is 35.3 Å². The molecule has 0 bridgehead atoms. The van der Waals surface area contributed by atoms with E-state index in [4.69, 9.17) is 0 Å². The highest BCUT2D eigenvalue weighted by molar-refractivity contribution is 5.89. The maximum absolute atomic E-state index is 15.0. The third-order valence-electron chi connectivity index (χ3n) is 5.59. The Labute approximate surface area is 170 Å². The van der Waals surface area contributed by atoms with Crippen molar-refractivity contribution in [2.24, 2.45) is 0 Å². The van der Waals surface area contributed by atoms with Crippen molar-refractivity contribution in [1.82, 2.24) is 24.9 Å². The Morgan fingerprint density at radius 3 is 2.73 bits per heavy atom. The number of aromatic nitrogens is 4. The van der Waals surface area contributed by atoms with Crippen LogP contribution < -0.4 is 5.56 Å². The van der Waals surface area contributed by atoms with Gasteiger partial charge >= 0.3 is 0 Å². The van der Waals surface area contributed by atoms with E-state index >= 15 is 0 Å². The SMILES string of the molecule is Cc1cccc(F)c1-n1nc2c(-c3cc4c(cc3F)CCN(C)C4)n[nH]c2cc1=O. The largest absolute Gasteiger partial charge is 0.302 e. The number of hydrogen-bond donors (Lipinski definition) is 1. The first-order valence-electron chi connectivity index (χ1n) is 9.66. The molecule has 2 aromatic heterocycles. The Morgan fingerprint density at radius 2 is 1.93 bits per heavy atom. The number of nitrogens with zero attached hydrogens (tertiary/aromatic N) is 4. The Hall–Kier alpha value is -3.39. The number of hydrogen-bond acceptors (Lipinski definition) is 4. The molecule has 1 aliphatic rings. The fourth-order valence-corrected chi connectivity index (χ4v) is 4.03. The second-order valence-electron chi connectivity index (χ2n) is 7.72. The van der Waals surface area contributed by atoms with Crippen molar-refractivity contribution in [3.05, 3.63) is 75.1 Å². The Bertz CT molecular complexity index is 1340. The molecule has 30 heavy (non-hydrogen) atoms. The van der Waals surface area contributed by atoms with Gasteiger partial charge in [-0.15, -0.1) is 0 Å². The van der Waals surface area contributed by atoms with Crippen LogP contribution in [-0.4, -0.2) is 38.5 Å². The van der Waals surface area contributed by atoms with Crippen molar-refractivity contribution in [2.75, 3.05) is 13.6 Å². The van der Waals surface area contributed by atoms with E-state index in [1.165, 1.54) is 12.1 Å². The molecule has 3 heterocycles. The molecule has 0 saturated carbocycles. The molecule has 0 unspecified atom stereocenters. The van der Waals surface area contributed by atoms with Crippen LogP contribution in [-0.2, 0) is 13.0 Å². The summed E-state index contributed by atoms with van der Waals surface area (Å²) in [7, 11) is 2.02. The minimum atomic E-state index is -0.558. The molecule has 0 spiro atoms. The molecule has 5 rings (SSSR count). The van der Waals surface area contributed by atoms with Gasteiger partial charge in [-0.05, 0) is 55.3 Å². The van der Waals surface area contributed by atoms with Gasteiger partial charge < -0.3 is 4.90 Å². The first kappa shape index (κ1) is 18.6. The van der Waals surface area contributed by atoms with Crippen molar-refractivity contribution in [3.63, 3.8) is 0 Å². The first-order valence-corrected chi connectivity index (χ1v) is 9.66. The molecule has 0 atom stereocenters. The van der Waals surface area contributed by atoms with Gasteiger partial charge in [0, 0.05) is 24.7 Å². The van der Waals surface area contributed by atoms with Gasteiger partial charge in [0.1, 0.15) is 28.5 Å². The summed E-state index contributed by atoms with van der Waals surface area (Å²) in [5.41, 5.74) is 3.43. The smallest absolute Gasteiger partial charge is 0.273 e. The van der Waals surface area contributed by atoms with Crippen LogP contribution in [0.3, 0.4) is 0 Å². The first-order chi connectivity index (χ1) is 14.4. The van der Waals surface area contributed by atoms with E-state index in [-0.39, 0.29) is 5.69 Å². The summed E-state index contributed by atoms with van der Waals surface area (Å²) in [6.45, 7) is 3.30. The van der Waals surface area contributed by atoms with Crippen molar-refractivity contribution in [1.29, 1.82) is 0 Å². The molecule has 1 aliphatic heterocycles. The quantitative estimate of drug-likeness (QED) is 0.553. The maximum atomic E-state index is 15.0. The zero-order valence-corrected chi connectivity index (χ0v) is 16.5. The minimum absolute atomic E-state index is 0.0732. The van der Waals surface area contributed by atoms with E-state index in [1.54, 1.807) is 31.2 Å². The molecular formula is C22H19F2N5O. The fourth-order valence-electron chi connectivity index (χ4n) is 4.03. The van der Waals surface area contributed by atoms with Gasteiger partial charge in [0.15, 0.2) is 0 Å². The van der Waals surface area contributed by atoms with Crippen molar-refractivity contribution in [2.45, 2.75) is 19.9 Å². The van der Waals surface area contributed by atoms with Crippen LogP contribution >= 0.6 is 0 Å². The summed E-state index contributed by atoms with van der Waals surface area (Å²) in [5, 5.41) is 11.3. The molecule has 6 nitrogen and oxygen atoms in total. The summed E-state index contributed by atoms with van der Waals surface area (Å²) >= 11 is 0. The lowest BCUT2D eigenvalue weighted by Crippen LogP contribution is -2.26. The summed E-state index contributed by atoms with van der Waals surface area (Å²) in [6, 6.07) is 9.19. The zero-order valence-electron chi connectivity index (χ0n) is 16.5. The summed E-state index contributed by atoms with van der Waals surface area (Å²) in [4.78, 5) is 14.8. The van der Waals surface area contributed by atoms with E-state index < -0.39 is 17.2 Å². The number of nitrogens with one attached hydrogen (secondary N) is 1. The number of rotatable bonds is 2. The van der Waals surface area contributed by atoms with Gasteiger partial charge in [-0.1, -0.05) is 12.1 Å². The number of aromatic amines is 1. The van der Waals surface area contributed by atoms with E-state index in [0.29, 0.717) is 27.9 Å². The van der Waals surface area contributed by atoms with Gasteiger partial charge in [0.05, 0.1) is 5.52 Å². The van der Waals surface area contributed by atoms with Gasteiger partial charge in [-0.3, -0.25) is 9.89 Å². The van der Waals surface area contributed by atoms with Crippen LogP contribution in [0.5, 0.6) is 0 Å². The van der Waals surface area contributed by atoms with Crippen LogP contribution in [0.2, 0.25) is 0 Å². The van der Waals surface area contributed by atoms with Gasteiger partial charge in [0.2, 0.25) is 0 Å². The highest BCUT2D eigenvalue weighted by Gasteiger charge is 2.21. The lowest BCUT2D eigenvalue weighted by Gasteiger charge is -2.25. The second kappa shape index (κ2) is 6.84. The number of fused-ring (bicyclic) bond motifs is 2. The van der Waals surface area contributed by atoms with Crippen molar-refractivity contribution < 1.29 is 8.78 Å². The second-order valence-corrected chi connectivity index (χ2v) is 7.72. The van der Waals surface area contributed by atoms with Crippen molar-refractivity contribution >= 4 is 11.0 Å². The van der Waals surface area contributed by atoms with Crippen LogP contribution in [0.1, 0.15) is 16.7 Å². The average Bonchev–Trinajstić information content (AvgIpc) is 3.10. The molecule has 152 valence electrons. The maximum Gasteiger partial charge on any atom is 0.273 e.